The highest BCUT2D eigenvalue weighted by Gasteiger charge is 2.39. The van der Waals surface area contributed by atoms with Gasteiger partial charge in [0.05, 0.1) is 32.5 Å². The normalized spacial score (nSPS) is 17.3. The van der Waals surface area contributed by atoms with Gasteiger partial charge in [0.1, 0.15) is 11.2 Å². The van der Waals surface area contributed by atoms with Crippen molar-refractivity contribution in [1.82, 2.24) is 5.32 Å². The first-order valence-corrected chi connectivity index (χ1v) is 8.68. The van der Waals surface area contributed by atoms with Crippen molar-refractivity contribution < 1.29 is 19.4 Å². The summed E-state index contributed by atoms with van der Waals surface area (Å²) in [6, 6.07) is 9.67. The lowest BCUT2D eigenvalue weighted by Gasteiger charge is -2.29. The number of benzene rings is 1. The van der Waals surface area contributed by atoms with E-state index < -0.39 is 11.5 Å². The molecule has 2 N–H and O–H groups in total. The molecule has 136 valence electrons. The van der Waals surface area contributed by atoms with Crippen LogP contribution in [0, 0.1) is 16.7 Å². The summed E-state index contributed by atoms with van der Waals surface area (Å²) >= 11 is 0. The second-order valence-corrected chi connectivity index (χ2v) is 6.48. The van der Waals surface area contributed by atoms with Crippen molar-refractivity contribution in [3.05, 3.63) is 29.8 Å². The summed E-state index contributed by atoms with van der Waals surface area (Å²) in [7, 11) is 1.61. The number of amides is 1. The van der Waals surface area contributed by atoms with Crippen molar-refractivity contribution in [2.24, 2.45) is 5.41 Å². The molecule has 25 heavy (non-hydrogen) atoms. The zero-order valence-electron chi connectivity index (χ0n) is 14.7. The molecule has 1 amide bonds. The van der Waals surface area contributed by atoms with E-state index in [1.807, 2.05) is 24.3 Å². The molecule has 2 rings (SSSR count). The Morgan fingerprint density at radius 2 is 2.00 bits per heavy atom. The number of aliphatic hydroxyl groups excluding tert-OH is 1. The van der Waals surface area contributed by atoms with Crippen LogP contribution >= 0.6 is 0 Å². The Kier molecular flexibility index (Phi) is 7.23. The summed E-state index contributed by atoms with van der Waals surface area (Å²) in [6.45, 7) is 0.577. The number of carbonyl (C=O) groups excluding carboxylic acids is 1. The van der Waals surface area contributed by atoms with Crippen molar-refractivity contribution in [2.75, 3.05) is 20.3 Å². The summed E-state index contributed by atoms with van der Waals surface area (Å²) < 4.78 is 10.6. The minimum atomic E-state index is -0.929. The highest BCUT2D eigenvalue weighted by Crippen LogP contribution is 2.35. The van der Waals surface area contributed by atoms with Gasteiger partial charge in [-0.25, -0.2) is 0 Å². The molecule has 0 heterocycles. The van der Waals surface area contributed by atoms with Gasteiger partial charge in [-0.2, -0.15) is 5.26 Å². The number of ether oxygens (including phenoxy) is 2. The largest absolute Gasteiger partial charge is 0.497 e. The van der Waals surface area contributed by atoms with Crippen LogP contribution in [0.1, 0.15) is 37.7 Å². The lowest BCUT2D eigenvalue weighted by molar-refractivity contribution is -0.130. The minimum absolute atomic E-state index is 0.0882. The van der Waals surface area contributed by atoms with Crippen LogP contribution in [0.15, 0.2) is 24.3 Å². The van der Waals surface area contributed by atoms with Gasteiger partial charge in [0.25, 0.3) is 0 Å². The summed E-state index contributed by atoms with van der Waals surface area (Å²) in [5, 5.41) is 22.0. The summed E-state index contributed by atoms with van der Waals surface area (Å²) in [6.07, 6.45) is 3.25. The van der Waals surface area contributed by atoms with Crippen LogP contribution in [0.4, 0.5) is 0 Å². The summed E-state index contributed by atoms with van der Waals surface area (Å²) in [5.74, 6) is 0.504. The van der Waals surface area contributed by atoms with Crippen LogP contribution in [0.25, 0.3) is 0 Å². The van der Waals surface area contributed by atoms with Gasteiger partial charge in [0.15, 0.2) is 0 Å². The van der Waals surface area contributed by atoms with Gasteiger partial charge < -0.3 is 19.9 Å². The fraction of sp³-hybridized carbons (Fsp3) is 0.579. The molecule has 0 saturated heterocycles. The maximum atomic E-state index is 12.3. The van der Waals surface area contributed by atoms with Crippen LogP contribution in [0.3, 0.4) is 0 Å². The predicted octanol–water partition coefficient (Wildman–Crippen LogP) is 2.16. The van der Waals surface area contributed by atoms with Crippen molar-refractivity contribution in [1.29, 1.82) is 5.26 Å². The SMILES string of the molecule is COc1ccc(COCC(O)CNC(=O)C2(C#N)CCCCC2)cc1. The van der Waals surface area contributed by atoms with Gasteiger partial charge in [-0.15, -0.1) is 0 Å². The summed E-state index contributed by atoms with van der Waals surface area (Å²) in [5.41, 5.74) is 0.0460. The molecule has 0 bridgehead atoms. The Labute approximate surface area is 148 Å². The lowest BCUT2D eigenvalue weighted by atomic mass is 9.74. The van der Waals surface area contributed by atoms with Gasteiger partial charge >= 0.3 is 0 Å². The number of nitrogens with one attached hydrogen (secondary N) is 1. The molecule has 0 aromatic heterocycles. The summed E-state index contributed by atoms with van der Waals surface area (Å²) in [4.78, 5) is 12.3. The molecule has 0 spiro atoms. The Morgan fingerprint density at radius 3 is 2.60 bits per heavy atom. The Morgan fingerprint density at radius 1 is 1.32 bits per heavy atom. The zero-order valence-corrected chi connectivity index (χ0v) is 14.7. The first kappa shape index (κ1) is 19.2. The molecule has 1 aromatic carbocycles. The molecule has 0 aliphatic heterocycles. The van der Waals surface area contributed by atoms with Gasteiger partial charge in [-0.3, -0.25) is 4.79 Å². The molecule has 1 aliphatic carbocycles. The Bertz CT molecular complexity index is 588. The molecular weight excluding hydrogens is 320 g/mol. The average molecular weight is 346 g/mol. The zero-order chi connectivity index (χ0) is 18.1. The molecule has 1 atom stereocenters. The molecule has 0 radical (unpaired) electrons. The van der Waals surface area contributed by atoms with Crippen molar-refractivity contribution in [2.45, 2.75) is 44.8 Å². The molecular formula is C19H26N2O4. The molecule has 1 fully saturated rings. The van der Waals surface area contributed by atoms with Crippen molar-refractivity contribution in [3.63, 3.8) is 0 Å². The number of nitriles is 1. The van der Waals surface area contributed by atoms with E-state index in [0.717, 1.165) is 30.6 Å². The third-order valence-corrected chi connectivity index (χ3v) is 4.59. The lowest BCUT2D eigenvalue weighted by Crippen LogP contribution is -2.44. The van der Waals surface area contributed by atoms with E-state index in [-0.39, 0.29) is 19.1 Å². The first-order chi connectivity index (χ1) is 12.1. The molecule has 6 nitrogen and oxygen atoms in total. The quantitative estimate of drug-likeness (QED) is 0.753. The highest BCUT2D eigenvalue weighted by molar-refractivity contribution is 5.85. The van der Waals surface area contributed by atoms with E-state index in [1.165, 1.54) is 0 Å². The number of rotatable bonds is 8. The third kappa shape index (κ3) is 5.45. The van der Waals surface area contributed by atoms with E-state index in [4.69, 9.17) is 9.47 Å². The van der Waals surface area contributed by atoms with Crippen LogP contribution in [0.5, 0.6) is 5.75 Å². The van der Waals surface area contributed by atoms with Crippen molar-refractivity contribution in [3.8, 4) is 11.8 Å². The Hall–Kier alpha value is -2.10. The first-order valence-electron chi connectivity index (χ1n) is 8.68. The van der Waals surface area contributed by atoms with Crippen LogP contribution in [-0.2, 0) is 16.1 Å². The highest BCUT2D eigenvalue weighted by atomic mass is 16.5. The number of aliphatic hydroxyl groups is 1. The molecule has 1 aromatic rings. The second kappa shape index (κ2) is 9.40. The van der Waals surface area contributed by atoms with E-state index in [1.54, 1.807) is 7.11 Å². The minimum Gasteiger partial charge on any atom is -0.497 e. The number of nitrogens with zero attached hydrogens (tertiary/aromatic N) is 1. The molecule has 1 unspecified atom stereocenters. The van der Waals surface area contributed by atoms with Crippen LogP contribution in [0.2, 0.25) is 0 Å². The number of methoxy groups -OCH3 is 1. The fourth-order valence-corrected chi connectivity index (χ4v) is 3.02. The number of carbonyl (C=O) groups is 1. The smallest absolute Gasteiger partial charge is 0.240 e. The fourth-order valence-electron chi connectivity index (χ4n) is 3.02. The van der Waals surface area contributed by atoms with Crippen LogP contribution < -0.4 is 10.1 Å². The Balaban J connectivity index is 1.70. The monoisotopic (exact) mass is 346 g/mol. The molecule has 6 heteroatoms. The van der Waals surface area contributed by atoms with Crippen LogP contribution in [-0.4, -0.2) is 37.4 Å². The second-order valence-electron chi connectivity index (χ2n) is 6.48. The van der Waals surface area contributed by atoms with E-state index in [0.29, 0.717) is 19.4 Å². The van der Waals surface area contributed by atoms with Gasteiger partial charge in [-0.05, 0) is 30.5 Å². The topological polar surface area (TPSA) is 91.6 Å². The maximum absolute atomic E-state index is 12.3. The third-order valence-electron chi connectivity index (χ3n) is 4.59. The average Bonchev–Trinajstić information content (AvgIpc) is 2.67. The molecule has 1 aliphatic rings. The maximum Gasteiger partial charge on any atom is 0.240 e. The van der Waals surface area contributed by atoms with Gasteiger partial charge in [0.2, 0.25) is 5.91 Å². The van der Waals surface area contributed by atoms with Gasteiger partial charge in [-0.1, -0.05) is 31.4 Å². The van der Waals surface area contributed by atoms with Gasteiger partial charge in [0, 0.05) is 6.54 Å². The predicted molar refractivity (Wildman–Crippen MR) is 92.8 cm³/mol. The van der Waals surface area contributed by atoms with Crippen molar-refractivity contribution >= 4 is 5.91 Å². The van der Waals surface area contributed by atoms with E-state index >= 15 is 0 Å². The number of hydrogen-bond donors (Lipinski definition) is 2. The standard InChI is InChI=1S/C19H26N2O4/c1-24-17-7-5-15(6-8-17)12-25-13-16(22)11-21-18(23)19(14-20)9-3-2-4-10-19/h5-8,16,22H,2-4,9-13H2,1H3,(H,21,23). The van der Waals surface area contributed by atoms with E-state index in [9.17, 15) is 15.2 Å². The number of hydrogen-bond acceptors (Lipinski definition) is 5. The van der Waals surface area contributed by atoms with E-state index in [2.05, 4.69) is 11.4 Å². The molecule has 1 saturated carbocycles.